The molecule has 0 aromatic rings. The van der Waals surface area contributed by atoms with E-state index in [9.17, 15) is 0 Å². The maximum absolute atomic E-state index is 3.71. The van der Waals surface area contributed by atoms with E-state index in [0.29, 0.717) is 0 Å². The van der Waals surface area contributed by atoms with Crippen molar-refractivity contribution in [3.05, 3.63) is 35.6 Å². The minimum absolute atomic E-state index is 1.08. The quantitative estimate of drug-likeness (QED) is 0.631. The van der Waals surface area contributed by atoms with Crippen LogP contribution in [0.15, 0.2) is 35.6 Å². The molecule has 0 saturated carbocycles. The summed E-state index contributed by atoms with van der Waals surface area (Å²) in [5, 5.41) is 3.17. The molecule has 1 heteroatoms. The van der Waals surface area contributed by atoms with Crippen molar-refractivity contribution in [3.63, 3.8) is 0 Å². The van der Waals surface area contributed by atoms with Gasteiger partial charge in [-0.25, -0.2) is 0 Å². The van der Waals surface area contributed by atoms with Crippen LogP contribution < -0.4 is 5.32 Å². The van der Waals surface area contributed by atoms with Crippen LogP contribution in [-0.2, 0) is 0 Å². The van der Waals surface area contributed by atoms with Gasteiger partial charge in [-0.15, -0.1) is 0 Å². The zero-order valence-electron chi connectivity index (χ0n) is 8.57. The van der Waals surface area contributed by atoms with Crippen LogP contribution in [0.1, 0.15) is 27.2 Å². The van der Waals surface area contributed by atoms with Crippen molar-refractivity contribution in [1.82, 2.24) is 5.32 Å². The van der Waals surface area contributed by atoms with Crippen LogP contribution in [-0.4, -0.2) is 7.05 Å². The van der Waals surface area contributed by atoms with Gasteiger partial charge in [-0.2, -0.15) is 0 Å². The number of hydrogen-bond donors (Lipinski definition) is 1. The molecule has 0 aliphatic heterocycles. The largest absolute Gasteiger partial charge is 0.388 e. The second kappa shape index (κ2) is 5.64. The van der Waals surface area contributed by atoms with Gasteiger partial charge in [0.05, 0.1) is 0 Å². The summed E-state index contributed by atoms with van der Waals surface area (Å²) in [6, 6.07) is 0. The summed E-state index contributed by atoms with van der Waals surface area (Å²) in [7, 11) is 1.95. The number of hydrogen-bond acceptors (Lipinski definition) is 1. The van der Waals surface area contributed by atoms with E-state index in [1.165, 1.54) is 16.8 Å². The first-order valence-corrected chi connectivity index (χ1v) is 4.33. The normalized spacial score (nSPS) is 13.8. The molecule has 0 rings (SSSR count). The first-order chi connectivity index (χ1) is 5.65. The van der Waals surface area contributed by atoms with Crippen LogP contribution in [0.2, 0.25) is 0 Å². The standard InChI is InChI=1S/C11H19N/c1-6-9(3)8-11(12-5)10(4)7-2/h6,8,12H,1,7H2,2-5H3/b9-8-,11-10-. The summed E-state index contributed by atoms with van der Waals surface area (Å²) in [6.45, 7) is 10.1. The fourth-order valence-electron chi connectivity index (χ4n) is 0.886. The fourth-order valence-corrected chi connectivity index (χ4v) is 0.886. The molecule has 0 bridgehead atoms. The van der Waals surface area contributed by atoms with Crippen LogP contribution in [0.3, 0.4) is 0 Å². The van der Waals surface area contributed by atoms with Crippen molar-refractivity contribution >= 4 is 0 Å². The predicted octanol–water partition coefficient (Wildman–Crippen LogP) is 3.02. The highest BCUT2D eigenvalue weighted by Crippen LogP contribution is 2.08. The lowest BCUT2D eigenvalue weighted by molar-refractivity contribution is 0.952. The fraction of sp³-hybridized carbons (Fsp3) is 0.455. The molecule has 0 amide bonds. The van der Waals surface area contributed by atoms with Crippen molar-refractivity contribution in [2.24, 2.45) is 0 Å². The van der Waals surface area contributed by atoms with E-state index in [1.54, 1.807) is 0 Å². The molecule has 0 unspecified atom stereocenters. The number of likely N-dealkylation sites (N-methyl/N-ethyl adjacent to an activating group) is 1. The average molecular weight is 165 g/mol. The SMILES string of the molecule is C=C/C(C)=C\C(NC)=C(/C)CC. The lowest BCUT2D eigenvalue weighted by Gasteiger charge is -2.06. The maximum atomic E-state index is 3.71. The van der Waals surface area contributed by atoms with E-state index >= 15 is 0 Å². The molecule has 0 atom stereocenters. The zero-order valence-corrected chi connectivity index (χ0v) is 8.57. The Bertz CT molecular complexity index is 209. The third kappa shape index (κ3) is 3.42. The van der Waals surface area contributed by atoms with Gasteiger partial charge in [0.1, 0.15) is 0 Å². The number of rotatable bonds is 4. The Kier molecular flexibility index (Phi) is 5.18. The second-order valence-electron chi connectivity index (χ2n) is 2.89. The molecule has 12 heavy (non-hydrogen) atoms. The van der Waals surface area contributed by atoms with Crippen LogP contribution in [0, 0.1) is 0 Å². The summed E-state index contributed by atoms with van der Waals surface area (Å²) in [4.78, 5) is 0. The van der Waals surface area contributed by atoms with Crippen LogP contribution in [0.4, 0.5) is 0 Å². The third-order valence-corrected chi connectivity index (χ3v) is 1.95. The predicted molar refractivity (Wildman–Crippen MR) is 56.0 cm³/mol. The van der Waals surface area contributed by atoms with Crippen molar-refractivity contribution in [3.8, 4) is 0 Å². The minimum Gasteiger partial charge on any atom is -0.388 e. The van der Waals surface area contributed by atoms with Crippen LogP contribution in [0.25, 0.3) is 0 Å². The molecule has 0 heterocycles. The highest BCUT2D eigenvalue weighted by Gasteiger charge is 1.94. The molecule has 1 nitrogen and oxygen atoms in total. The van der Waals surface area contributed by atoms with E-state index in [0.717, 1.165) is 6.42 Å². The highest BCUT2D eigenvalue weighted by molar-refractivity contribution is 5.29. The summed E-state index contributed by atoms with van der Waals surface area (Å²) in [5.41, 5.74) is 3.76. The monoisotopic (exact) mass is 165 g/mol. The highest BCUT2D eigenvalue weighted by atomic mass is 14.8. The zero-order chi connectivity index (χ0) is 9.56. The molecule has 0 aliphatic rings. The number of allylic oxidation sites excluding steroid dienone is 4. The Labute approximate surface area is 75.9 Å². The summed E-state index contributed by atoms with van der Waals surface area (Å²) in [5.74, 6) is 0. The minimum atomic E-state index is 1.08. The topological polar surface area (TPSA) is 12.0 Å². The Morgan fingerprint density at radius 1 is 1.42 bits per heavy atom. The third-order valence-electron chi connectivity index (χ3n) is 1.95. The van der Waals surface area contributed by atoms with E-state index in [1.807, 2.05) is 20.0 Å². The molecule has 0 spiro atoms. The van der Waals surface area contributed by atoms with E-state index in [2.05, 4.69) is 31.8 Å². The van der Waals surface area contributed by atoms with Gasteiger partial charge in [-0.1, -0.05) is 25.2 Å². The van der Waals surface area contributed by atoms with Crippen molar-refractivity contribution < 1.29 is 0 Å². The first kappa shape index (κ1) is 11.0. The molecule has 0 aliphatic carbocycles. The molecule has 0 saturated heterocycles. The Morgan fingerprint density at radius 2 is 2.00 bits per heavy atom. The lowest BCUT2D eigenvalue weighted by atomic mass is 10.1. The maximum Gasteiger partial charge on any atom is 0.0329 e. The molecule has 0 fully saturated rings. The second-order valence-corrected chi connectivity index (χ2v) is 2.89. The Hall–Kier alpha value is -0.980. The molecule has 0 radical (unpaired) electrons. The van der Waals surface area contributed by atoms with Gasteiger partial charge < -0.3 is 5.32 Å². The van der Waals surface area contributed by atoms with Crippen LogP contribution in [0.5, 0.6) is 0 Å². The molecule has 0 aromatic carbocycles. The lowest BCUT2D eigenvalue weighted by Crippen LogP contribution is -2.06. The molecule has 0 aromatic heterocycles. The van der Waals surface area contributed by atoms with Gasteiger partial charge in [0, 0.05) is 12.7 Å². The Morgan fingerprint density at radius 3 is 2.33 bits per heavy atom. The van der Waals surface area contributed by atoms with Gasteiger partial charge in [0.15, 0.2) is 0 Å². The van der Waals surface area contributed by atoms with Crippen molar-refractivity contribution in [1.29, 1.82) is 0 Å². The number of nitrogens with one attached hydrogen (secondary N) is 1. The molecular weight excluding hydrogens is 146 g/mol. The van der Waals surface area contributed by atoms with Gasteiger partial charge in [-0.3, -0.25) is 0 Å². The van der Waals surface area contributed by atoms with Crippen molar-refractivity contribution in [2.75, 3.05) is 7.05 Å². The average Bonchev–Trinajstić information content (AvgIpc) is 2.12. The molecule has 68 valence electrons. The summed E-state index contributed by atoms with van der Waals surface area (Å²) < 4.78 is 0. The van der Waals surface area contributed by atoms with E-state index < -0.39 is 0 Å². The van der Waals surface area contributed by atoms with E-state index in [-0.39, 0.29) is 0 Å². The smallest absolute Gasteiger partial charge is 0.0329 e. The van der Waals surface area contributed by atoms with Crippen LogP contribution >= 0.6 is 0 Å². The van der Waals surface area contributed by atoms with Gasteiger partial charge in [0.25, 0.3) is 0 Å². The van der Waals surface area contributed by atoms with Crippen molar-refractivity contribution in [2.45, 2.75) is 27.2 Å². The summed E-state index contributed by atoms with van der Waals surface area (Å²) in [6.07, 6.45) is 5.06. The van der Waals surface area contributed by atoms with Gasteiger partial charge in [0.2, 0.25) is 0 Å². The molecular formula is C11H19N. The van der Waals surface area contributed by atoms with Gasteiger partial charge in [-0.05, 0) is 31.9 Å². The van der Waals surface area contributed by atoms with E-state index in [4.69, 9.17) is 0 Å². The Balaban J connectivity index is 4.68. The van der Waals surface area contributed by atoms with Gasteiger partial charge >= 0.3 is 0 Å². The summed E-state index contributed by atoms with van der Waals surface area (Å²) >= 11 is 0. The first-order valence-electron chi connectivity index (χ1n) is 4.33. The molecule has 1 N–H and O–H groups in total.